The maximum atomic E-state index is 14.1. The Hall–Kier alpha value is -3.24. The van der Waals surface area contributed by atoms with Gasteiger partial charge in [-0.25, -0.2) is 9.38 Å². The lowest BCUT2D eigenvalue weighted by Crippen LogP contribution is -2.33. The predicted octanol–water partition coefficient (Wildman–Crippen LogP) is 3.45. The Bertz CT molecular complexity index is 1010. The fourth-order valence-corrected chi connectivity index (χ4v) is 3.26. The second-order valence-corrected chi connectivity index (χ2v) is 6.73. The summed E-state index contributed by atoms with van der Waals surface area (Å²) >= 11 is 6.31. The number of ether oxygens (including phenoxy) is 1. The molecule has 8 heteroatoms. The fourth-order valence-electron chi connectivity index (χ4n) is 2.98. The maximum absolute atomic E-state index is 14.1. The minimum atomic E-state index is -1.41. The van der Waals surface area contributed by atoms with Crippen LogP contribution in [0.2, 0.25) is 5.02 Å². The minimum Gasteiger partial charge on any atom is -0.431 e. The highest BCUT2D eigenvalue weighted by Gasteiger charge is 2.36. The zero-order valence-corrected chi connectivity index (χ0v) is 15.7. The van der Waals surface area contributed by atoms with Gasteiger partial charge in [-0.15, -0.1) is 0 Å². The van der Waals surface area contributed by atoms with Crippen LogP contribution in [0, 0.1) is 11.3 Å². The average molecular weight is 399 g/mol. The van der Waals surface area contributed by atoms with Crippen LogP contribution in [0.3, 0.4) is 0 Å². The summed E-state index contributed by atoms with van der Waals surface area (Å²) in [6, 6.07) is 9.72. The molecule has 0 fully saturated rings. The first kappa shape index (κ1) is 19.5. The summed E-state index contributed by atoms with van der Waals surface area (Å²) in [4.78, 5) is 20.6. The molecule has 0 aliphatic carbocycles. The molecule has 2 heterocycles. The van der Waals surface area contributed by atoms with Gasteiger partial charge in [0.25, 0.3) is 6.02 Å². The molecule has 0 saturated carbocycles. The number of nitrogens with zero attached hydrogens (tertiary/aromatic N) is 3. The van der Waals surface area contributed by atoms with Gasteiger partial charge in [-0.1, -0.05) is 23.7 Å². The molecule has 1 aromatic carbocycles. The number of rotatable bonds is 5. The second kappa shape index (κ2) is 7.79. The van der Waals surface area contributed by atoms with Crippen molar-refractivity contribution in [1.82, 2.24) is 4.98 Å². The summed E-state index contributed by atoms with van der Waals surface area (Å²) in [5.74, 6) is 0.165. The van der Waals surface area contributed by atoms with Gasteiger partial charge in [0.2, 0.25) is 0 Å². The van der Waals surface area contributed by atoms with Crippen molar-refractivity contribution in [3.05, 3.63) is 75.8 Å². The summed E-state index contributed by atoms with van der Waals surface area (Å²) in [6.45, 7) is 0.770. The molecular weight excluding hydrogens is 383 g/mol. The Kier molecular flexibility index (Phi) is 5.43. The first-order chi connectivity index (χ1) is 13.4. The number of aromatic nitrogens is 1. The van der Waals surface area contributed by atoms with Gasteiger partial charge in [0, 0.05) is 23.2 Å². The monoisotopic (exact) mass is 398 g/mol. The molecule has 0 saturated heterocycles. The number of ketones is 1. The van der Waals surface area contributed by atoms with E-state index in [4.69, 9.17) is 27.3 Å². The summed E-state index contributed by atoms with van der Waals surface area (Å²) in [5, 5.41) is 9.12. The van der Waals surface area contributed by atoms with Gasteiger partial charge in [0.15, 0.2) is 5.78 Å². The van der Waals surface area contributed by atoms with Crippen molar-refractivity contribution in [3.63, 3.8) is 0 Å². The van der Waals surface area contributed by atoms with Crippen molar-refractivity contribution in [2.75, 3.05) is 6.67 Å². The Labute approximate surface area is 166 Å². The highest BCUT2D eigenvalue weighted by molar-refractivity contribution is 6.31. The molecule has 2 N–H and O–H groups in total. The quantitative estimate of drug-likeness (QED) is 0.777. The van der Waals surface area contributed by atoms with Crippen LogP contribution < -0.4 is 5.73 Å². The van der Waals surface area contributed by atoms with Crippen LogP contribution in [0.1, 0.15) is 34.1 Å². The Balaban J connectivity index is 1.94. The van der Waals surface area contributed by atoms with Crippen molar-refractivity contribution in [2.45, 2.75) is 18.9 Å². The number of pyridine rings is 1. The number of aliphatic imine (C=N–C) groups is 1. The van der Waals surface area contributed by atoms with Crippen LogP contribution in [0.4, 0.5) is 4.39 Å². The van der Waals surface area contributed by atoms with E-state index in [1.54, 1.807) is 25.1 Å². The van der Waals surface area contributed by atoms with Crippen molar-refractivity contribution in [1.29, 1.82) is 5.26 Å². The molecule has 1 aromatic heterocycles. The minimum absolute atomic E-state index is 0.0316. The molecule has 1 unspecified atom stereocenters. The van der Waals surface area contributed by atoms with Gasteiger partial charge < -0.3 is 10.5 Å². The smallest absolute Gasteiger partial charge is 0.288 e. The van der Waals surface area contributed by atoms with Crippen molar-refractivity contribution in [2.24, 2.45) is 10.7 Å². The average Bonchev–Trinajstić information content (AvgIpc) is 2.68. The highest BCUT2D eigenvalue weighted by Crippen LogP contribution is 2.37. The molecule has 1 atom stereocenters. The highest BCUT2D eigenvalue weighted by atomic mass is 35.5. The number of carbonyl (C=O) groups excluding carboxylic acids is 1. The number of halogens is 2. The molecule has 6 nitrogen and oxygen atoms in total. The molecule has 2 aromatic rings. The molecule has 0 bridgehead atoms. The molecular formula is C20H16ClFN4O2. The van der Waals surface area contributed by atoms with Crippen LogP contribution in [-0.2, 0) is 16.7 Å². The molecule has 3 rings (SSSR count). The second-order valence-electron chi connectivity index (χ2n) is 6.32. The number of alkyl halides is 1. The van der Waals surface area contributed by atoms with Gasteiger partial charge >= 0.3 is 0 Å². The standard InChI is InChI=1S/C20H16ClFN4O2/c1-12-8-20(11-22,26-19(24)28-12)15-6-13(2-4-16(15)21)7-18(27)17-5-3-14(9-23)10-25-17/h2-6,8,10H,7,11H2,1H3,(H2,24,26). The zero-order valence-electron chi connectivity index (χ0n) is 14.9. The molecule has 28 heavy (non-hydrogen) atoms. The Morgan fingerprint density at radius 2 is 2.18 bits per heavy atom. The molecule has 0 spiro atoms. The zero-order chi connectivity index (χ0) is 20.3. The topological polar surface area (TPSA) is 101 Å². The number of benzene rings is 1. The number of hydrogen-bond donors (Lipinski definition) is 1. The van der Waals surface area contributed by atoms with Crippen LogP contribution >= 0.6 is 11.6 Å². The predicted molar refractivity (Wildman–Crippen MR) is 103 cm³/mol. The van der Waals surface area contributed by atoms with E-state index in [-0.39, 0.29) is 23.9 Å². The van der Waals surface area contributed by atoms with E-state index in [1.807, 2.05) is 6.07 Å². The largest absolute Gasteiger partial charge is 0.431 e. The van der Waals surface area contributed by atoms with Gasteiger partial charge in [-0.05, 0) is 36.8 Å². The number of hydrogen-bond acceptors (Lipinski definition) is 6. The van der Waals surface area contributed by atoms with Crippen molar-refractivity contribution < 1.29 is 13.9 Å². The fraction of sp³-hybridized carbons (Fsp3) is 0.200. The number of nitriles is 1. The van der Waals surface area contributed by atoms with Crippen LogP contribution in [0.5, 0.6) is 0 Å². The molecule has 0 amide bonds. The van der Waals surface area contributed by atoms with Crippen molar-refractivity contribution in [3.8, 4) is 6.07 Å². The first-order valence-electron chi connectivity index (χ1n) is 8.34. The summed E-state index contributed by atoms with van der Waals surface area (Å²) < 4.78 is 19.2. The number of nitrogens with two attached hydrogens (primary N) is 1. The van der Waals surface area contributed by atoms with Crippen LogP contribution in [0.25, 0.3) is 0 Å². The van der Waals surface area contributed by atoms with Gasteiger partial charge in [-0.3, -0.25) is 9.78 Å². The molecule has 1 aliphatic rings. The Morgan fingerprint density at radius 1 is 1.39 bits per heavy atom. The summed E-state index contributed by atoms with van der Waals surface area (Å²) in [5.41, 5.74) is 5.88. The van der Waals surface area contributed by atoms with E-state index in [9.17, 15) is 9.18 Å². The number of amidine groups is 1. The third-order valence-corrected chi connectivity index (χ3v) is 4.59. The van der Waals surface area contributed by atoms with E-state index in [0.717, 1.165) is 0 Å². The first-order valence-corrected chi connectivity index (χ1v) is 8.71. The molecule has 0 radical (unpaired) electrons. The van der Waals surface area contributed by atoms with E-state index in [0.29, 0.717) is 27.5 Å². The number of allylic oxidation sites excluding steroid dienone is 1. The van der Waals surface area contributed by atoms with Crippen LogP contribution in [-0.4, -0.2) is 23.5 Å². The number of Topliss-reactive ketones (excluding diaryl/α,β-unsaturated/α-hetero) is 1. The van der Waals surface area contributed by atoms with Gasteiger partial charge in [0.05, 0.1) is 5.56 Å². The van der Waals surface area contributed by atoms with E-state index in [2.05, 4.69) is 9.98 Å². The van der Waals surface area contributed by atoms with Crippen LogP contribution in [0.15, 0.2) is 53.4 Å². The van der Waals surface area contributed by atoms with Gasteiger partial charge in [-0.2, -0.15) is 5.26 Å². The van der Waals surface area contributed by atoms with Gasteiger partial charge in [0.1, 0.15) is 29.7 Å². The summed E-state index contributed by atoms with van der Waals surface area (Å²) in [7, 11) is 0. The lowest BCUT2D eigenvalue weighted by atomic mass is 9.88. The maximum Gasteiger partial charge on any atom is 0.288 e. The van der Waals surface area contributed by atoms with E-state index >= 15 is 0 Å². The third kappa shape index (κ3) is 3.87. The SMILES string of the molecule is CC1=CC(CF)(c2cc(CC(=O)c3ccc(C#N)cn3)ccc2Cl)N=C(N)O1. The third-order valence-electron chi connectivity index (χ3n) is 4.26. The van der Waals surface area contributed by atoms with E-state index < -0.39 is 12.2 Å². The Morgan fingerprint density at radius 3 is 2.79 bits per heavy atom. The molecule has 142 valence electrons. The lowest BCUT2D eigenvalue weighted by Gasteiger charge is -2.29. The van der Waals surface area contributed by atoms with Crippen molar-refractivity contribution >= 4 is 23.4 Å². The lowest BCUT2D eigenvalue weighted by molar-refractivity contribution is 0.0988. The number of carbonyl (C=O) groups is 1. The van der Waals surface area contributed by atoms with E-state index in [1.165, 1.54) is 24.4 Å². The molecule has 1 aliphatic heterocycles. The normalized spacial score (nSPS) is 18.5. The summed E-state index contributed by atoms with van der Waals surface area (Å²) in [6.07, 6.45) is 2.88.